The Morgan fingerprint density at radius 2 is 1.33 bits per heavy atom. The fraction of sp³-hybridized carbons (Fsp3) is 0.438. The Kier molecular flexibility index (Phi) is 22.7. The lowest BCUT2D eigenvalue weighted by atomic mass is 10.0. The molecule has 0 radical (unpaired) electrons. The lowest BCUT2D eigenvalue weighted by molar-refractivity contribution is -0.130. The first kappa shape index (κ1) is 53.9. The minimum Gasteiger partial charge on any atom is -0.492 e. The quantitative estimate of drug-likeness (QED) is 0.0237. The summed E-state index contributed by atoms with van der Waals surface area (Å²) in [4.78, 5) is 103. The maximum absolute atomic E-state index is 13.4. The minimum atomic E-state index is -0.791. The van der Waals surface area contributed by atoms with E-state index in [2.05, 4.69) is 17.2 Å². The van der Waals surface area contributed by atoms with Gasteiger partial charge in [0.1, 0.15) is 38.1 Å². The number of likely N-dealkylation sites (N-methyl/N-ethyl adjacent to an activating group) is 1. The second-order valence-corrected chi connectivity index (χ2v) is 15.4. The molecule has 2 N–H and O–H groups in total. The lowest BCUT2D eigenvalue weighted by Gasteiger charge is -2.31. The molecule has 0 heterocycles. The van der Waals surface area contributed by atoms with Crippen molar-refractivity contribution in [3.8, 4) is 0 Å². The van der Waals surface area contributed by atoms with Crippen molar-refractivity contribution in [1.82, 2.24) is 9.80 Å². The first-order valence-corrected chi connectivity index (χ1v) is 21.9. The maximum atomic E-state index is 13.4. The predicted molar refractivity (Wildman–Crippen MR) is 250 cm³/mol. The summed E-state index contributed by atoms with van der Waals surface area (Å²) in [6.45, 7) is 18.8. The van der Waals surface area contributed by atoms with Gasteiger partial charge in [0.25, 0.3) is 11.8 Å². The SMILES string of the molecule is C=COCC(=O)N(OCC=O)c1ccc(C)c(NC(=O)OC(C)CN(CCN(CC)CON(C(=O)CC)c2cc(C(=O)CCC)ccc2C)CC(C)OC(=O)Nc2cc(C=O)ccc2C)c1. The van der Waals surface area contributed by atoms with Crippen LogP contribution >= 0.6 is 0 Å². The number of nitrogens with one attached hydrogen (secondary N) is 2. The van der Waals surface area contributed by atoms with Crippen LogP contribution in [0.15, 0.2) is 67.4 Å². The first-order chi connectivity index (χ1) is 31.6. The van der Waals surface area contributed by atoms with E-state index in [1.54, 1.807) is 83.1 Å². The van der Waals surface area contributed by atoms with Crippen LogP contribution in [0.2, 0.25) is 0 Å². The summed E-state index contributed by atoms with van der Waals surface area (Å²) in [6, 6.07) is 14.9. The number of carbonyl (C=O) groups is 7. The van der Waals surface area contributed by atoms with E-state index in [1.807, 2.05) is 30.6 Å². The standard InChI is InChI=1S/C48H64N6O12/c1-10-14-44(57)39-19-16-35(7)43(26-39)54(45(58)11-2)64-32-51(12-3)21-22-52(28-36(8)65-47(60)49-41-25-38(30-56)18-15-33(41)5)29-37(9)66-48(61)50-42-27-40(20-17-34(42)6)53(63-24-23-55)46(59)31-62-13-4/h13,15-20,23,25-27,30,36-37H,4,10-12,14,21-22,24,28-29,31-32H2,1-3,5-9H3,(H,49,60)(H,50,61). The number of amides is 4. The van der Waals surface area contributed by atoms with Crippen LogP contribution in [0.3, 0.4) is 0 Å². The molecule has 3 rings (SSSR count). The van der Waals surface area contributed by atoms with Gasteiger partial charge in [0.2, 0.25) is 0 Å². The number of hydrogen-bond acceptors (Lipinski definition) is 14. The minimum absolute atomic E-state index is 0.0215. The molecule has 3 aromatic rings. The second kappa shape index (κ2) is 27.8. The predicted octanol–water partition coefficient (Wildman–Crippen LogP) is 7.56. The van der Waals surface area contributed by atoms with Crippen LogP contribution in [-0.2, 0) is 38.3 Å². The van der Waals surface area contributed by atoms with Gasteiger partial charge >= 0.3 is 12.2 Å². The third-order valence-corrected chi connectivity index (χ3v) is 10.1. The van der Waals surface area contributed by atoms with E-state index in [1.165, 1.54) is 11.1 Å². The number of nitrogens with zero attached hydrogens (tertiary/aromatic N) is 4. The van der Waals surface area contributed by atoms with E-state index in [-0.39, 0.29) is 43.6 Å². The number of anilines is 4. The zero-order valence-corrected chi connectivity index (χ0v) is 39.3. The molecule has 4 amide bonds. The average molecular weight is 917 g/mol. The molecule has 2 atom stereocenters. The topological polar surface area (TPSA) is 203 Å². The summed E-state index contributed by atoms with van der Waals surface area (Å²) in [5.41, 5.74) is 4.48. The second-order valence-electron chi connectivity index (χ2n) is 15.4. The van der Waals surface area contributed by atoms with Gasteiger partial charge in [0, 0.05) is 61.5 Å². The molecule has 3 aromatic carbocycles. The highest BCUT2D eigenvalue weighted by molar-refractivity contribution is 5.99. The summed E-state index contributed by atoms with van der Waals surface area (Å²) in [6.07, 6.45) is 0.622. The van der Waals surface area contributed by atoms with E-state index < -0.39 is 43.5 Å². The molecule has 0 aliphatic carbocycles. The highest BCUT2D eigenvalue weighted by Gasteiger charge is 2.24. The summed E-state index contributed by atoms with van der Waals surface area (Å²) >= 11 is 0. The molecule has 18 heteroatoms. The van der Waals surface area contributed by atoms with Crippen LogP contribution in [0, 0.1) is 20.8 Å². The van der Waals surface area contributed by atoms with E-state index >= 15 is 0 Å². The average Bonchev–Trinajstić information content (AvgIpc) is 3.28. The van der Waals surface area contributed by atoms with Crippen molar-refractivity contribution in [3.63, 3.8) is 0 Å². The monoisotopic (exact) mass is 916 g/mol. The zero-order valence-electron chi connectivity index (χ0n) is 39.3. The molecule has 18 nitrogen and oxygen atoms in total. The van der Waals surface area contributed by atoms with Crippen LogP contribution < -0.4 is 20.8 Å². The van der Waals surface area contributed by atoms with E-state index in [0.29, 0.717) is 78.8 Å². The lowest BCUT2D eigenvalue weighted by Crippen LogP contribution is -2.45. The molecule has 0 aliphatic rings. The molecule has 0 aliphatic heterocycles. The van der Waals surface area contributed by atoms with E-state index in [9.17, 15) is 33.6 Å². The smallest absolute Gasteiger partial charge is 0.411 e. The molecule has 358 valence electrons. The number of Topliss-reactive ketones (excluding diaryl/α,β-unsaturated/α-hetero) is 1. The van der Waals surface area contributed by atoms with Gasteiger partial charge in [0.05, 0.1) is 17.6 Å². The Labute approximate surface area is 387 Å². The number of benzene rings is 3. The Hall–Kier alpha value is -6.47. The van der Waals surface area contributed by atoms with Crippen molar-refractivity contribution in [2.24, 2.45) is 0 Å². The van der Waals surface area contributed by atoms with Crippen molar-refractivity contribution in [2.75, 3.05) is 73.4 Å². The van der Waals surface area contributed by atoms with Crippen molar-refractivity contribution >= 4 is 65.1 Å². The summed E-state index contributed by atoms with van der Waals surface area (Å²) < 4.78 is 16.5. The fourth-order valence-corrected chi connectivity index (χ4v) is 6.53. The number of aryl methyl sites for hydroxylation is 3. The Balaban J connectivity index is 1.79. The maximum Gasteiger partial charge on any atom is 0.411 e. The Morgan fingerprint density at radius 1 is 0.727 bits per heavy atom. The molecule has 0 bridgehead atoms. The Bertz CT molecular complexity index is 2150. The van der Waals surface area contributed by atoms with Crippen LogP contribution in [-0.4, -0.2) is 117 Å². The highest BCUT2D eigenvalue weighted by atomic mass is 16.7. The molecular weight excluding hydrogens is 853 g/mol. The normalized spacial score (nSPS) is 11.8. The number of ketones is 1. The number of ether oxygens (including phenoxy) is 3. The van der Waals surface area contributed by atoms with Gasteiger partial charge in [-0.2, -0.15) is 10.1 Å². The van der Waals surface area contributed by atoms with Gasteiger partial charge < -0.3 is 19.0 Å². The third kappa shape index (κ3) is 17.2. The number of hydrogen-bond donors (Lipinski definition) is 2. The van der Waals surface area contributed by atoms with Gasteiger partial charge in [-0.05, 0) is 88.5 Å². The van der Waals surface area contributed by atoms with E-state index in [0.717, 1.165) is 22.5 Å². The third-order valence-electron chi connectivity index (χ3n) is 10.1. The molecular formula is C48H64N6O12. The van der Waals surface area contributed by atoms with Crippen LogP contribution in [0.4, 0.5) is 32.3 Å². The van der Waals surface area contributed by atoms with Gasteiger partial charge in [-0.3, -0.25) is 49.3 Å². The van der Waals surface area contributed by atoms with Gasteiger partial charge in [0.15, 0.2) is 12.4 Å². The molecule has 0 fully saturated rings. The highest BCUT2D eigenvalue weighted by Crippen LogP contribution is 2.26. The number of carbonyl (C=O) groups excluding carboxylic acids is 7. The summed E-state index contributed by atoms with van der Waals surface area (Å²) in [5, 5.41) is 7.56. The molecule has 66 heavy (non-hydrogen) atoms. The van der Waals surface area contributed by atoms with Gasteiger partial charge in [-0.15, -0.1) is 0 Å². The molecule has 0 spiro atoms. The summed E-state index contributed by atoms with van der Waals surface area (Å²) in [7, 11) is 0. The van der Waals surface area contributed by atoms with Gasteiger partial charge in [-0.25, -0.2) is 9.59 Å². The van der Waals surface area contributed by atoms with Crippen molar-refractivity contribution in [3.05, 3.63) is 95.3 Å². The van der Waals surface area contributed by atoms with Crippen molar-refractivity contribution in [1.29, 1.82) is 0 Å². The fourth-order valence-electron chi connectivity index (χ4n) is 6.53. The Morgan fingerprint density at radius 3 is 1.91 bits per heavy atom. The number of hydroxylamine groups is 2. The van der Waals surface area contributed by atoms with Crippen molar-refractivity contribution < 1.29 is 57.4 Å². The van der Waals surface area contributed by atoms with E-state index in [4.69, 9.17) is 23.9 Å². The zero-order chi connectivity index (χ0) is 48.8. The number of aldehydes is 2. The van der Waals surface area contributed by atoms with Crippen LogP contribution in [0.5, 0.6) is 0 Å². The van der Waals surface area contributed by atoms with Crippen LogP contribution in [0.1, 0.15) is 91.3 Å². The van der Waals surface area contributed by atoms with Gasteiger partial charge in [-0.1, -0.05) is 57.7 Å². The van der Waals surface area contributed by atoms with Crippen LogP contribution in [0.25, 0.3) is 0 Å². The molecule has 0 saturated heterocycles. The molecule has 0 aromatic heterocycles. The van der Waals surface area contributed by atoms with Crippen molar-refractivity contribution in [2.45, 2.75) is 86.9 Å². The molecule has 0 saturated carbocycles. The summed E-state index contributed by atoms with van der Waals surface area (Å²) in [5.74, 6) is -0.931. The largest absolute Gasteiger partial charge is 0.492 e. The molecule has 2 unspecified atom stereocenters. The first-order valence-electron chi connectivity index (χ1n) is 21.9. The number of rotatable bonds is 28.